The Morgan fingerprint density at radius 3 is 2.19 bits per heavy atom. The molecule has 1 aliphatic rings. The SMILES string of the molecule is CC(C)C(CS(=O)(=O)C(C)C)N1C(=O)[C@@](C)(CC(=O)O)C[C@H](c2cccc(Cl)c2)C1c1ccc(Cl)cc1. The summed E-state index contributed by atoms with van der Waals surface area (Å²) in [6.45, 7) is 8.71. The second-order valence-electron chi connectivity index (χ2n) is 10.9. The van der Waals surface area contributed by atoms with Crippen molar-refractivity contribution in [2.24, 2.45) is 11.3 Å². The topological polar surface area (TPSA) is 91.8 Å². The molecule has 1 heterocycles. The minimum atomic E-state index is -3.53. The molecule has 1 amide bonds. The number of rotatable bonds is 9. The van der Waals surface area contributed by atoms with Crippen molar-refractivity contribution in [2.45, 2.75) is 70.7 Å². The van der Waals surface area contributed by atoms with Gasteiger partial charge in [-0.2, -0.15) is 0 Å². The molecular formula is C28H35Cl2NO5S. The molecule has 9 heteroatoms. The molecule has 0 aliphatic carbocycles. The fourth-order valence-electron chi connectivity index (χ4n) is 5.27. The van der Waals surface area contributed by atoms with Gasteiger partial charge in [0.1, 0.15) is 0 Å². The smallest absolute Gasteiger partial charge is 0.304 e. The Kier molecular flexibility index (Phi) is 9.03. The number of benzene rings is 2. The number of halogens is 2. The molecule has 202 valence electrons. The number of carbonyl (C=O) groups excluding carboxylic acids is 1. The average Bonchev–Trinajstić information content (AvgIpc) is 2.79. The van der Waals surface area contributed by atoms with Crippen LogP contribution in [0.4, 0.5) is 0 Å². The van der Waals surface area contributed by atoms with E-state index in [9.17, 15) is 23.1 Å². The van der Waals surface area contributed by atoms with Gasteiger partial charge in [-0.25, -0.2) is 8.42 Å². The Bertz CT molecular complexity index is 1250. The first-order valence-corrected chi connectivity index (χ1v) is 14.9. The van der Waals surface area contributed by atoms with E-state index in [0.29, 0.717) is 10.0 Å². The van der Waals surface area contributed by atoms with E-state index >= 15 is 0 Å². The summed E-state index contributed by atoms with van der Waals surface area (Å²) in [4.78, 5) is 27.9. The Hall–Kier alpha value is -2.09. The third-order valence-electron chi connectivity index (χ3n) is 7.38. The fourth-order valence-corrected chi connectivity index (χ4v) is 7.00. The largest absolute Gasteiger partial charge is 0.481 e. The molecular weight excluding hydrogens is 533 g/mol. The second-order valence-corrected chi connectivity index (χ2v) is 14.4. The van der Waals surface area contributed by atoms with Gasteiger partial charge in [0.2, 0.25) is 5.91 Å². The molecule has 1 N–H and O–H groups in total. The van der Waals surface area contributed by atoms with Crippen LogP contribution >= 0.6 is 23.2 Å². The molecule has 0 spiro atoms. The molecule has 2 aromatic carbocycles. The number of carboxylic acid groups (broad SMARTS) is 1. The van der Waals surface area contributed by atoms with Crippen LogP contribution in [-0.2, 0) is 19.4 Å². The summed E-state index contributed by atoms with van der Waals surface area (Å²) in [6, 6.07) is 13.3. The normalized spacial score (nSPS) is 23.5. The van der Waals surface area contributed by atoms with E-state index in [4.69, 9.17) is 23.2 Å². The number of aliphatic carboxylic acids is 1. The van der Waals surface area contributed by atoms with E-state index in [0.717, 1.165) is 11.1 Å². The summed E-state index contributed by atoms with van der Waals surface area (Å²) in [5, 5.41) is 10.2. The van der Waals surface area contributed by atoms with E-state index in [-0.39, 0.29) is 36.3 Å². The predicted molar refractivity (Wildman–Crippen MR) is 148 cm³/mol. The standard InChI is InChI=1S/C28H35Cl2NO5S/c1-17(2)24(16-37(35,36)18(3)4)31-26(19-9-11-21(29)12-10-19)23(20-7-6-8-22(30)13-20)14-28(5,27(31)34)15-25(32)33/h6-13,17-18,23-24,26H,14-16H2,1-5H3,(H,32,33)/t23-,24?,26?,28-/m1/s1. The van der Waals surface area contributed by atoms with Crippen LogP contribution in [0.5, 0.6) is 0 Å². The molecule has 2 unspecified atom stereocenters. The number of hydrogen-bond acceptors (Lipinski definition) is 4. The average molecular weight is 569 g/mol. The Balaban J connectivity index is 2.30. The van der Waals surface area contributed by atoms with Gasteiger partial charge in [-0.3, -0.25) is 9.59 Å². The maximum Gasteiger partial charge on any atom is 0.304 e. The number of sulfone groups is 1. The number of likely N-dealkylation sites (tertiary alicyclic amines) is 1. The number of nitrogens with zero attached hydrogens (tertiary/aromatic N) is 1. The lowest BCUT2D eigenvalue weighted by Gasteiger charge is -2.52. The van der Waals surface area contributed by atoms with E-state index in [1.807, 2.05) is 44.2 Å². The van der Waals surface area contributed by atoms with Crippen molar-refractivity contribution in [3.05, 3.63) is 69.7 Å². The van der Waals surface area contributed by atoms with Crippen molar-refractivity contribution >= 4 is 44.9 Å². The Labute approximate surface area is 229 Å². The minimum absolute atomic E-state index is 0.209. The van der Waals surface area contributed by atoms with Crippen LogP contribution in [0, 0.1) is 11.3 Å². The van der Waals surface area contributed by atoms with Gasteiger partial charge in [0.05, 0.1) is 28.9 Å². The first-order valence-electron chi connectivity index (χ1n) is 12.4. The van der Waals surface area contributed by atoms with Crippen LogP contribution < -0.4 is 0 Å². The van der Waals surface area contributed by atoms with Crippen molar-refractivity contribution in [3.63, 3.8) is 0 Å². The monoisotopic (exact) mass is 567 g/mol. The van der Waals surface area contributed by atoms with Crippen molar-refractivity contribution in [1.82, 2.24) is 4.90 Å². The minimum Gasteiger partial charge on any atom is -0.481 e. The van der Waals surface area contributed by atoms with Crippen molar-refractivity contribution in [1.29, 1.82) is 0 Å². The number of carboxylic acids is 1. The summed E-state index contributed by atoms with van der Waals surface area (Å²) in [6.07, 6.45) is -0.0987. The highest BCUT2D eigenvalue weighted by molar-refractivity contribution is 7.92. The van der Waals surface area contributed by atoms with E-state index < -0.39 is 38.6 Å². The molecule has 3 rings (SSSR count). The van der Waals surface area contributed by atoms with Crippen LogP contribution in [-0.4, -0.2) is 47.3 Å². The number of amides is 1. The third kappa shape index (κ3) is 6.50. The number of piperidine rings is 1. The highest BCUT2D eigenvalue weighted by Gasteiger charge is 2.53. The maximum absolute atomic E-state index is 14.3. The Morgan fingerprint density at radius 2 is 1.68 bits per heavy atom. The summed E-state index contributed by atoms with van der Waals surface area (Å²) < 4.78 is 26.3. The molecule has 1 saturated heterocycles. The number of carbonyl (C=O) groups is 2. The lowest BCUT2D eigenvalue weighted by molar-refractivity contribution is -0.161. The molecule has 1 fully saturated rings. The maximum atomic E-state index is 14.3. The number of hydrogen-bond donors (Lipinski definition) is 1. The van der Waals surface area contributed by atoms with Crippen molar-refractivity contribution < 1.29 is 23.1 Å². The Morgan fingerprint density at radius 1 is 1.05 bits per heavy atom. The van der Waals surface area contributed by atoms with Gasteiger partial charge >= 0.3 is 5.97 Å². The van der Waals surface area contributed by atoms with Gasteiger partial charge in [-0.1, -0.05) is 68.2 Å². The first-order chi connectivity index (χ1) is 17.2. The zero-order valence-electron chi connectivity index (χ0n) is 21.8. The highest BCUT2D eigenvalue weighted by Crippen LogP contribution is 2.52. The highest BCUT2D eigenvalue weighted by atomic mass is 35.5. The molecule has 1 aliphatic heterocycles. The van der Waals surface area contributed by atoms with E-state index in [1.54, 1.807) is 43.9 Å². The van der Waals surface area contributed by atoms with Crippen molar-refractivity contribution in [2.75, 3.05) is 5.75 Å². The van der Waals surface area contributed by atoms with E-state index in [2.05, 4.69) is 0 Å². The molecule has 0 bridgehead atoms. The van der Waals surface area contributed by atoms with Gasteiger partial charge in [0.15, 0.2) is 9.84 Å². The van der Waals surface area contributed by atoms with Crippen LogP contribution in [0.15, 0.2) is 48.5 Å². The molecule has 6 nitrogen and oxygen atoms in total. The molecule has 4 atom stereocenters. The van der Waals surface area contributed by atoms with Crippen molar-refractivity contribution in [3.8, 4) is 0 Å². The van der Waals surface area contributed by atoms with E-state index in [1.165, 1.54) is 0 Å². The van der Waals surface area contributed by atoms with Gasteiger partial charge in [-0.05, 0) is 61.6 Å². The van der Waals surface area contributed by atoms with Crippen LogP contribution in [0.3, 0.4) is 0 Å². The van der Waals surface area contributed by atoms with Gasteiger partial charge < -0.3 is 10.0 Å². The van der Waals surface area contributed by atoms with Crippen LogP contribution in [0.2, 0.25) is 10.0 Å². The predicted octanol–water partition coefficient (Wildman–Crippen LogP) is 6.38. The molecule has 0 aromatic heterocycles. The molecule has 0 saturated carbocycles. The summed E-state index contributed by atoms with van der Waals surface area (Å²) >= 11 is 12.5. The van der Waals surface area contributed by atoms with Gasteiger partial charge in [-0.15, -0.1) is 0 Å². The second kappa shape index (κ2) is 11.3. The zero-order chi connectivity index (χ0) is 27.7. The summed E-state index contributed by atoms with van der Waals surface area (Å²) in [5.41, 5.74) is 0.416. The lowest BCUT2D eigenvalue weighted by Crippen LogP contribution is -2.59. The van der Waals surface area contributed by atoms with Crippen LogP contribution in [0.25, 0.3) is 0 Å². The summed E-state index contributed by atoms with van der Waals surface area (Å²) in [7, 11) is -3.53. The van der Waals surface area contributed by atoms with Gasteiger partial charge in [0, 0.05) is 22.0 Å². The van der Waals surface area contributed by atoms with Gasteiger partial charge in [0.25, 0.3) is 0 Å². The molecule has 2 aromatic rings. The lowest BCUT2D eigenvalue weighted by atomic mass is 9.66. The first kappa shape index (κ1) is 29.5. The molecule has 37 heavy (non-hydrogen) atoms. The quantitative estimate of drug-likeness (QED) is 0.379. The summed E-state index contributed by atoms with van der Waals surface area (Å²) in [5.74, 6) is -2.19. The zero-order valence-corrected chi connectivity index (χ0v) is 24.1. The molecule has 0 radical (unpaired) electrons. The third-order valence-corrected chi connectivity index (χ3v) is 10.1. The van der Waals surface area contributed by atoms with Crippen LogP contribution in [0.1, 0.15) is 70.5 Å². The fraction of sp³-hybridized carbons (Fsp3) is 0.500.